The summed E-state index contributed by atoms with van der Waals surface area (Å²) in [6.45, 7) is 8.25. The number of hydrogen-bond acceptors (Lipinski definition) is 3. The van der Waals surface area contributed by atoms with Gasteiger partial charge in [-0.1, -0.05) is 12.1 Å². The summed E-state index contributed by atoms with van der Waals surface area (Å²) in [5, 5.41) is 6.65. The molecule has 0 aliphatic heterocycles. The van der Waals surface area contributed by atoms with Crippen molar-refractivity contribution in [1.29, 1.82) is 0 Å². The second-order valence-electron chi connectivity index (χ2n) is 5.19. The SMILES string of the molecule is CCNC(=NCCCCOCC)NCCc1cccc(OC)c1. The Hall–Kier alpha value is -1.75. The molecule has 0 spiro atoms. The Balaban J connectivity index is 2.31. The van der Waals surface area contributed by atoms with E-state index in [9.17, 15) is 0 Å². The van der Waals surface area contributed by atoms with Gasteiger partial charge in [-0.3, -0.25) is 4.99 Å². The van der Waals surface area contributed by atoms with E-state index < -0.39 is 0 Å². The minimum Gasteiger partial charge on any atom is -0.497 e. The van der Waals surface area contributed by atoms with Gasteiger partial charge in [0.1, 0.15) is 5.75 Å². The van der Waals surface area contributed by atoms with Gasteiger partial charge in [0.15, 0.2) is 5.96 Å². The Morgan fingerprint density at radius 1 is 1.17 bits per heavy atom. The molecule has 130 valence electrons. The molecule has 1 rings (SSSR count). The zero-order valence-corrected chi connectivity index (χ0v) is 14.7. The van der Waals surface area contributed by atoms with E-state index in [1.54, 1.807) is 7.11 Å². The number of guanidine groups is 1. The first kappa shape index (κ1) is 19.3. The lowest BCUT2D eigenvalue weighted by atomic mass is 10.1. The number of hydrogen-bond donors (Lipinski definition) is 2. The van der Waals surface area contributed by atoms with Gasteiger partial charge in [0.25, 0.3) is 0 Å². The highest BCUT2D eigenvalue weighted by Crippen LogP contribution is 2.12. The summed E-state index contributed by atoms with van der Waals surface area (Å²) >= 11 is 0. The quantitative estimate of drug-likeness (QED) is 0.374. The Morgan fingerprint density at radius 2 is 2.04 bits per heavy atom. The summed E-state index contributed by atoms with van der Waals surface area (Å²) in [7, 11) is 1.69. The molecule has 0 unspecified atom stereocenters. The third-order valence-corrected chi connectivity index (χ3v) is 3.36. The minimum atomic E-state index is 0.789. The molecule has 0 aliphatic carbocycles. The molecular weight excluding hydrogens is 290 g/mol. The van der Waals surface area contributed by atoms with E-state index >= 15 is 0 Å². The molecule has 0 radical (unpaired) electrons. The fourth-order valence-corrected chi connectivity index (χ4v) is 2.15. The van der Waals surface area contributed by atoms with Crippen LogP contribution in [0.15, 0.2) is 29.3 Å². The predicted octanol–water partition coefficient (Wildman–Crippen LogP) is 2.61. The van der Waals surface area contributed by atoms with Gasteiger partial charge in [-0.15, -0.1) is 0 Å². The summed E-state index contributed by atoms with van der Waals surface area (Å²) in [4.78, 5) is 4.59. The van der Waals surface area contributed by atoms with Gasteiger partial charge in [-0.2, -0.15) is 0 Å². The summed E-state index contributed by atoms with van der Waals surface area (Å²) in [5.74, 6) is 1.78. The average molecular weight is 321 g/mol. The largest absolute Gasteiger partial charge is 0.497 e. The molecule has 5 heteroatoms. The summed E-state index contributed by atoms with van der Waals surface area (Å²) < 4.78 is 10.6. The molecule has 0 saturated heterocycles. The first-order valence-corrected chi connectivity index (χ1v) is 8.53. The number of methoxy groups -OCH3 is 1. The smallest absolute Gasteiger partial charge is 0.191 e. The van der Waals surface area contributed by atoms with E-state index in [-0.39, 0.29) is 0 Å². The molecule has 0 aliphatic rings. The van der Waals surface area contributed by atoms with Crippen LogP contribution in [0.3, 0.4) is 0 Å². The van der Waals surface area contributed by atoms with Crippen LogP contribution in [-0.2, 0) is 11.2 Å². The van der Waals surface area contributed by atoms with E-state index in [1.165, 1.54) is 5.56 Å². The van der Waals surface area contributed by atoms with Crippen molar-refractivity contribution in [3.05, 3.63) is 29.8 Å². The van der Waals surface area contributed by atoms with Crippen molar-refractivity contribution < 1.29 is 9.47 Å². The fraction of sp³-hybridized carbons (Fsp3) is 0.611. The van der Waals surface area contributed by atoms with Crippen LogP contribution in [0.25, 0.3) is 0 Å². The number of benzene rings is 1. The van der Waals surface area contributed by atoms with Gasteiger partial charge in [0.05, 0.1) is 7.11 Å². The summed E-state index contributed by atoms with van der Waals surface area (Å²) in [5.41, 5.74) is 1.25. The van der Waals surface area contributed by atoms with Crippen LogP contribution >= 0.6 is 0 Å². The topological polar surface area (TPSA) is 54.9 Å². The van der Waals surface area contributed by atoms with Crippen molar-refractivity contribution in [2.45, 2.75) is 33.1 Å². The lowest BCUT2D eigenvalue weighted by Gasteiger charge is -2.11. The number of aliphatic imine (C=N–C) groups is 1. The van der Waals surface area contributed by atoms with Crippen molar-refractivity contribution >= 4 is 5.96 Å². The maximum atomic E-state index is 5.33. The number of nitrogens with one attached hydrogen (secondary N) is 2. The van der Waals surface area contributed by atoms with Gasteiger partial charge in [0, 0.05) is 32.8 Å². The van der Waals surface area contributed by atoms with Gasteiger partial charge in [-0.05, 0) is 50.8 Å². The molecule has 0 atom stereocenters. The highest BCUT2D eigenvalue weighted by molar-refractivity contribution is 5.79. The fourth-order valence-electron chi connectivity index (χ4n) is 2.15. The predicted molar refractivity (Wildman–Crippen MR) is 96.4 cm³/mol. The molecule has 23 heavy (non-hydrogen) atoms. The van der Waals surface area contributed by atoms with E-state index in [1.807, 2.05) is 19.1 Å². The van der Waals surface area contributed by atoms with Crippen molar-refractivity contribution in [3.8, 4) is 5.75 Å². The zero-order valence-electron chi connectivity index (χ0n) is 14.7. The molecule has 0 amide bonds. The average Bonchev–Trinajstić information content (AvgIpc) is 2.58. The molecule has 5 nitrogen and oxygen atoms in total. The first-order chi connectivity index (χ1) is 11.3. The van der Waals surface area contributed by atoms with Gasteiger partial charge >= 0.3 is 0 Å². The van der Waals surface area contributed by atoms with Crippen LogP contribution in [0, 0.1) is 0 Å². The standard InChI is InChI=1S/C18H31N3O2/c1-4-19-18(20-12-6-7-14-23-5-2)21-13-11-16-9-8-10-17(15-16)22-3/h8-10,15H,4-7,11-14H2,1-3H3,(H2,19,20,21). The monoisotopic (exact) mass is 321 g/mol. The van der Waals surface area contributed by atoms with Gasteiger partial charge < -0.3 is 20.1 Å². The maximum absolute atomic E-state index is 5.33. The maximum Gasteiger partial charge on any atom is 0.191 e. The molecule has 0 heterocycles. The third-order valence-electron chi connectivity index (χ3n) is 3.36. The molecular formula is C18H31N3O2. The highest BCUT2D eigenvalue weighted by atomic mass is 16.5. The normalized spacial score (nSPS) is 11.3. The van der Waals surface area contributed by atoms with Crippen LogP contribution < -0.4 is 15.4 Å². The Bertz CT molecular complexity index is 450. The van der Waals surface area contributed by atoms with E-state index in [0.717, 1.165) is 63.8 Å². The van der Waals surface area contributed by atoms with Gasteiger partial charge in [-0.25, -0.2) is 0 Å². The Labute approximate surface area is 140 Å². The van der Waals surface area contributed by atoms with Crippen LogP contribution in [0.2, 0.25) is 0 Å². The molecule has 0 fully saturated rings. The molecule has 2 N–H and O–H groups in total. The molecule has 0 bridgehead atoms. The van der Waals surface area contributed by atoms with Crippen LogP contribution in [0.1, 0.15) is 32.3 Å². The molecule has 0 aromatic heterocycles. The second kappa shape index (κ2) is 12.8. The van der Waals surface area contributed by atoms with Gasteiger partial charge in [0.2, 0.25) is 0 Å². The van der Waals surface area contributed by atoms with E-state index in [4.69, 9.17) is 9.47 Å². The molecule has 0 saturated carbocycles. The lowest BCUT2D eigenvalue weighted by Crippen LogP contribution is -2.38. The third kappa shape index (κ3) is 9.08. The van der Waals surface area contributed by atoms with E-state index in [0.29, 0.717) is 0 Å². The lowest BCUT2D eigenvalue weighted by molar-refractivity contribution is 0.144. The molecule has 1 aromatic carbocycles. The van der Waals surface area contributed by atoms with Crippen molar-refractivity contribution in [3.63, 3.8) is 0 Å². The summed E-state index contributed by atoms with van der Waals surface area (Å²) in [6.07, 6.45) is 3.04. The zero-order chi connectivity index (χ0) is 16.8. The second-order valence-corrected chi connectivity index (χ2v) is 5.19. The number of ether oxygens (including phenoxy) is 2. The van der Waals surface area contributed by atoms with Crippen LogP contribution in [-0.4, -0.2) is 45.9 Å². The van der Waals surface area contributed by atoms with Crippen LogP contribution in [0.5, 0.6) is 5.75 Å². The molecule has 1 aromatic rings. The van der Waals surface area contributed by atoms with Crippen molar-refractivity contribution in [2.75, 3.05) is 40.0 Å². The number of nitrogens with zero attached hydrogens (tertiary/aromatic N) is 1. The number of unbranched alkanes of at least 4 members (excludes halogenated alkanes) is 1. The number of rotatable bonds is 11. The minimum absolute atomic E-state index is 0.789. The Morgan fingerprint density at radius 3 is 2.78 bits per heavy atom. The first-order valence-electron chi connectivity index (χ1n) is 8.53. The highest BCUT2D eigenvalue weighted by Gasteiger charge is 1.99. The van der Waals surface area contributed by atoms with Crippen LogP contribution in [0.4, 0.5) is 0 Å². The van der Waals surface area contributed by atoms with E-state index in [2.05, 4.69) is 34.7 Å². The van der Waals surface area contributed by atoms with Crippen molar-refractivity contribution in [2.24, 2.45) is 4.99 Å². The Kier molecular flexibility index (Phi) is 10.7. The van der Waals surface area contributed by atoms with Crippen molar-refractivity contribution in [1.82, 2.24) is 10.6 Å². The summed E-state index contributed by atoms with van der Waals surface area (Å²) in [6, 6.07) is 8.16.